The molecule has 104 valence electrons. The van der Waals surface area contributed by atoms with E-state index in [0.29, 0.717) is 16.5 Å². The molecule has 1 aromatic rings. The van der Waals surface area contributed by atoms with Gasteiger partial charge in [-0.1, -0.05) is 0 Å². The van der Waals surface area contributed by atoms with Crippen LogP contribution in [0, 0.1) is 0 Å². The molecule has 0 amide bonds. The fraction of sp³-hybridized carbons (Fsp3) is 0.214. The Kier molecular flexibility index (Phi) is 3.38. The van der Waals surface area contributed by atoms with E-state index in [1.54, 1.807) is 12.3 Å². The lowest BCUT2D eigenvalue weighted by Gasteiger charge is -2.22. The molecule has 1 heterocycles. The number of aryl methyl sites for hydroxylation is 1. The van der Waals surface area contributed by atoms with Crippen molar-refractivity contribution in [3.63, 3.8) is 0 Å². The number of hydrogen-bond donors (Lipinski definition) is 3. The quantitative estimate of drug-likeness (QED) is 0.463. The molecule has 0 saturated carbocycles. The highest BCUT2D eigenvalue weighted by molar-refractivity contribution is 9.12. The molecule has 4 nitrogen and oxygen atoms in total. The average Bonchev–Trinajstić information content (AvgIpc) is 2.54. The van der Waals surface area contributed by atoms with Crippen LogP contribution in [-0.4, -0.2) is 16.9 Å². The van der Waals surface area contributed by atoms with Crippen LogP contribution in [0.5, 0.6) is 5.75 Å². The second-order valence-electron chi connectivity index (χ2n) is 4.87. The third kappa shape index (κ3) is 2.07. The topological polar surface area (TPSA) is 75.3 Å². The Balaban J connectivity index is 2.15. The minimum absolute atomic E-state index is 0.00883. The minimum atomic E-state index is -0.363. The Morgan fingerprint density at radius 3 is 2.85 bits per heavy atom. The van der Waals surface area contributed by atoms with Crippen LogP contribution in [0.15, 0.2) is 32.9 Å². The van der Waals surface area contributed by atoms with Crippen molar-refractivity contribution in [1.29, 1.82) is 0 Å². The van der Waals surface area contributed by atoms with Gasteiger partial charge in [0, 0.05) is 16.2 Å². The number of Topliss-reactive ketones (excluding diaryl/α,β-unsaturated/α-hetero) is 1. The number of halogens is 2. The number of phenolic OH excluding ortho intramolecular Hbond substituents is 1. The van der Waals surface area contributed by atoms with Crippen LogP contribution in [-0.2, 0) is 6.42 Å². The largest absolute Gasteiger partial charge is 0.506 e. The number of rotatable bonds is 0. The Hall–Kier alpha value is -1.27. The molecule has 3 rings (SSSR count). The number of nitrogens with two attached hydrogens (primary N) is 1. The van der Waals surface area contributed by atoms with Gasteiger partial charge >= 0.3 is 0 Å². The molecule has 0 aromatic heterocycles. The fourth-order valence-electron chi connectivity index (χ4n) is 2.62. The molecule has 20 heavy (non-hydrogen) atoms. The second kappa shape index (κ2) is 4.93. The highest BCUT2D eigenvalue weighted by Gasteiger charge is 2.32. The summed E-state index contributed by atoms with van der Waals surface area (Å²) in [5, 5.41) is 12.9. The van der Waals surface area contributed by atoms with E-state index in [0.717, 1.165) is 22.0 Å². The van der Waals surface area contributed by atoms with Crippen molar-refractivity contribution in [1.82, 2.24) is 5.32 Å². The Morgan fingerprint density at radius 2 is 2.10 bits per heavy atom. The number of aromatic hydroxyl groups is 1. The zero-order chi connectivity index (χ0) is 14.4. The number of nitrogens with one attached hydrogen (secondary N) is 1. The summed E-state index contributed by atoms with van der Waals surface area (Å²) in [4.78, 5) is 12.7. The summed E-state index contributed by atoms with van der Waals surface area (Å²) in [6, 6.07) is 1.23. The van der Waals surface area contributed by atoms with Gasteiger partial charge in [0.2, 0.25) is 0 Å². The molecule has 4 N–H and O–H groups in total. The summed E-state index contributed by atoms with van der Waals surface area (Å²) in [6.45, 7) is 0. The van der Waals surface area contributed by atoms with Gasteiger partial charge < -0.3 is 16.2 Å². The van der Waals surface area contributed by atoms with Crippen molar-refractivity contribution in [3.8, 4) is 5.75 Å². The molecule has 6 heteroatoms. The van der Waals surface area contributed by atoms with E-state index in [-0.39, 0.29) is 23.3 Å². The van der Waals surface area contributed by atoms with Gasteiger partial charge in [0.25, 0.3) is 0 Å². The molecule has 0 bridgehead atoms. The van der Waals surface area contributed by atoms with Crippen molar-refractivity contribution in [2.75, 3.05) is 5.73 Å². The summed E-state index contributed by atoms with van der Waals surface area (Å²) in [6.07, 6.45) is 5.20. The number of fused-ring (bicyclic) bond motifs is 2. The van der Waals surface area contributed by atoms with Crippen molar-refractivity contribution in [2.24, 2.45) is 0 Å². The van der Waals surface area contributed by atoms with E-state index in [2.05, 4.69) is 37.2 Å². The summed E-state index contributed by atoms with van der Waals surface area (Å²) in [7, 11) is 0. The van der Waals surface area contributed by atoms with E-state index in [9.17, 15) is 9.90 Å². The van der Waals surface area contributed by atoms with Crippen LogP contribution >= 0.6 is 31.9 Å². The van der Waals surface area contributed by atoms with Gasteiger partial charge in [-0.05, 0) is 68.0 Å². The van der Waals surface area contributed by atoms with Crippen molar-refractivity contribution in [3.05, 3.63) is 44.0 Å². The molecule has 0 spiro atoms. The van der Waals surface area contributed by atoms with Crippen LogP contribution in [0.1, 0.15) is 22.3 Å². The number of carbonyl (C=O) groups excluding carboxylic acids is 1. The summed E-state index contributed by atoms with van der Waals surface area (Å²) < 4.78 is 1.40. The molecule has 0 saturated heterocycles. The lowest BCUT2D eigenvalue weighted by Crippen LogP contribution is -2.36. The fourth-order valence-corrected chi connectivity index (χ4v) is 3.70. The SMILES string of the molecule is Nc1c(O)cc2c(c1Br)C(=O)C1NC=C(Br)C=C1CC2. The van der Waals surface area contributed by atoms with Gasteiger partial charge in [0.1, 0.15) is 11.8 Å². The number of benzene rings is 1. The number of dihydropyridines is 1. The zero-order valence-corrected chi connectivity index (χ0v) is 13.6. The van der Waals surface area contributed by atoms with Gasteiger partial charge in [0.05, 0.1) is 10.2 Å². The number of hydrogen-bond acceptors (Lipinski definition) is 4. The zero-order valence-electron chi connectivity index (χ0n) is 10.4. The smallest absolute Gasteiger partial charge is 0.190 e. The minimum Gasteiger partial charge on any atom is -0.506 e. The van der Waals surface area contributed by atoms with Crippen LogP contribution in [0.4, 0.5) is 5.69 Å². The van der Waals surface area contributed by atoms with Crippen molar-refractivity contribution >= 4 is 43.3 Å². The van der Waals surface area contributed by atoms with Crippen LogP contribution in [0.25, 0.3) is 0 Å². The normalized spacial score (nSPS) is 21.1. The predicted octanol–water partition coefficient (Wildman–Crippen LogP) is 3.00. The molecule has 1 atom stereocenters. The summed E-state index contributed by atoms with van der Waals surface area (Å²) in [5.74, 6) is -0.0203. The Bertz CT molecular complexity index is 680. The van der Waals surface area contributed by atoms with E-state index >= 15 is 0 Å². The summed E-state index contributed by atoms with van der Waals surface area (Å²) in [5.41, 5.74) is 8.43. The first-order valence-electron chi connectivity index (χ1n) is 6.15. The average molecular weight is 400 g/mol. The molecule has 1 unspecified atom stereocenters. The van der Waals surface area contributed by atoms with Gasteiger partial charge in [-0.3, -0.25) is 4.79 Å². The standard InChI is InChI=1S/C14H12Br2N2O2/c15-8-3-7-2-1-6-4-9(19)12(17)11(16)10(6)14(20)13(7)18-5-8/h3-5,13,18-19H,1-2,17H2. The molecule has 1 aliphatic carbocycles. The van der Waals surface area contributed by atoms with Crippen molar-refractivity contribution < 1.29 is 9.90 Å². The van der Waals surface area contributed by atoms with Crippen LogP contribution in [0.2, 0.25) is 0 Å². The van der Waals surface area contributed by atoms with E-state index < -0.39 is 0 Å². The number of ketones is 1. The second-order valence-corrected chi connectivity index (χ2v) is 6.58. The highest BCUT2D eigenvalue weighted by Crippen LogP contribution is 2.39. The predicted molar refractivity (Wildman–Crippen MR) is 84.9 cm³/mol. The van der Waals surface area contributed by atoms with Gasteiger partial charge in [0.15, 0.2) is 5.78 Å². The lowest BCUT2D eigenvalue weighted by molar-refractivity contribution is 0.0963. The molecule has 0 fully saturated rings. The van der Waals surface area contributed by atoms with E-state index in [1.807, 2.05) is 6.08 Å². The number of phenols is 1. The molecular weight excluding hydrogens is 388 g/mol. The van der Waals surface area contributed by atoms with Crippen molar-refractivity contribution in [2.45, 2.75) is 18.9 Å². The third-order valence-electron chi connectivity index (χ3n) is 3.64. The number of carbonyl (C=O) groups is 1. The maximum absolute atomic E-state index is 12.7. The first-order chi connectivity index (χ1) is 9.49. The van der Waals surface area contributed by atoms with E-state index in [4.69, 9.17) is 5.73 Å². The Morgan fingerprint density at radius 1 is 1.35 bits per heavy atom. The molecule has 0 radical (unpaired) electrons. The maximum Gasteiger partial charge on any atom is 0.190 e. The van der Waals surface area contributed by atoms with E-state index in [1.165, 1.54) is 0 Å². The molecule has 1 aromatic carbocycles. The van der Waals surface area contributed by atoms with Gasteiger partial charge in [-0.2, -0.15) is 0 Å². The Labute approximate surface area is 133 Å². The van der Waals surface area contributed by atoms with Crippen LogP contribution < -0.4 is 11.1 Å². The number of anilines is 1. The molecular formula is C14H12Br2N2O2. The lowest BCUT2D eigenvalue weighted by atomic mass is 9.96. The maximum atomic E-state index is 12.7. The van der Waals surface area contributed by atoms with Crippen LogP contribution in [0.3, 0.4) is 0 Å². The van der Waals surface area contributed by atoms with Gasteiger partial charge in [-0.25, -0.2) is 0 Å². The summed E-state index contributed by atoms with van der Waals surface area (Å²) >= 11 is 6.75. The number of nitrogen functional groups attached to an aromatic ring is 1. The highest BCUT2D eigenvalue weighted by atomic mass is 79.9. The first-order valence-corrected chi connectivity index (χ1v) is 7.74. The monoisotopic (exact) mass is 398 g/mol. The molecule has 1 aliphatic heterocycles. The third-order valence-corrected chi connectivity index (χ3v) is 4.92. The first kappa shape index (κ1) is 13.7. The van der Waals surface area contributed by atoms with Gasteiger partial charge in [-0.15, -0.1) is 0 Å². The number of allylic oxidation sites excluding steroid dienone is 2. The molecule has 2 aliphatic rings.